The van der Waals surface area contributed by atoms with Crippen molar-refractivity contribution in [3.63, 3.8) is 0 Å². The lowest BCUT2D eigenvalue weighted by Crippen LogP contribution is -2.33. The van der Waals surface area contributed by atoms with Crippen molar-refractivity contribution < 1.29 is 13.9 Å². The van der Waals surface area contributed by atoms with Crippen LogP contribution in [0.25, 0.3) is 0 Å². The van der Waals surface area contributed by atoms with Crippen LogP contribution >= 0.6 is 12.4 Å². The van der Waals surface area contributed by atoms with E-state index in [9.17, 15) is 9.18 Å². The predicted molar refractivity (Wildman–Crippen MR) is 75.3 cm³/mol. The quantitative estimate of drug-likeness (QED) is 0.831. The third-order valence-corrected chi connectivity index (χ3v) is 2.53. The van der Waals surface area contributed by atoms with Gasteiger partial charge in [-0.05, 0) is 19.2 Å². The SMILES string of the molecule is CNCCN(C)C(=O)CCOc1ccccc1F.Cl. The van der Waals surface area contributed by atoms with Crippen molar-refractivity contribution in [2.75, 3.05) is 33.8 Å². The van der Waals surface area contributed by atoms with Gasteiger partial charge in [-0.25, -0.2) is 4.39 Å². The van der Waals surface area contributed by atoms with E-state index in [1.807, 2.05) is 7.05 Å². The molecule has 1 amide bonds. The van der Waals surface area contributed by atoms with Crippen LogP contribution in [0, 0.1) is 5.82 Å². The summed E-state index contributed by atoms with van der Waals surface area (Å²) in [6.07, 6.45) is 0.245. The molecule has 0 saturated heterocycles. The smallest absolute Gasteiger partial charge is 0.225 e. The third-order valence-electron chi connectivity index (χ3n) is 2.53. The molecule has 19 heavy (non-hydrogen) atoms. The van der Waals surface area contributed by atoms with E-state index < -0.39 is 5.82 Å². The summed E-state index contributed by atoms with van der Waals surface area (Å²) in [6, 6.07) is 6.17. The highest BCUT2D eigenvalue weighted by atomic mass is 35.5. The zero-order chi connectivity index (χ0) is 13.4. The zero-order valence-electron chi connectivity index (χ0n) is 11.2. The Labute approximate surface area is 119 Å². The normalized spacial score (nSPS) is 9.63. The summed E-state index contributed by atoms with van der Waals surface area (Å²) in [5.74, 6) is -0.238. The van der Waals surface area contributed by atoms with Crippen molar-refractivity contribution in [1.82, 2.24) is 10.2 Å². The molecule has 1 N–H and O–H groups in total. The van der Waals surface area contributed by atoms with E-state index in [0.717, 1.165) is 6.54 Å². The Balaban J connectivity index is 0.00000324. The van der Waals surface area contributed by atoms with Crippen molar-refractivity contribution in [3.05, 3.63) is 30.1 Å². The molecular weight excluding hydrogens is 271 g/mol. The summed E-state index contributed by atoms with van der Waals surface area (Å²) >= 11 is 0. The number of rotatable bonds is 7. The first-order valence-corrected chi connectivity index (χ1v) is 5.91. The number of benzene rings is 1. The number of halogens is 2. The van der Waals surface area contributed by atoms with Crippen LogP contribution in [-0.4, -0.2) is 44.6 Å². The van der Waals surface area contributed by atoms with E-state index >= 15 is 0 Å². The molecule has 0 bridgehead atoms. The molecule has 0 fully saturated rings. The Morgan fingerprint density at radius 3 is 2.74 bits per heavy atom. The number of amides is 1. The summed E-state index contributed by atoms with van der Waals surface area (Å²) < 4.78 is 18.4. The van der Waals surface area contributed by atoms with Crippen molar-refractivity contribution in [1.29, 1.82) is 0 Å². The summed E-state index contributed by atoms with van der Waals surface area (Å²) in [6.45, 7) is 1.58. The van der Waals surface area contributed by atoms with Crippen LogP contribution in [0.4, 0.5) is 4.39 Å². The van der Waals surface area contributed by atoms with Crippen LogP contribution in [0.15, 0.2) is 24.3 Å². The van der Waals surface area contributed by atoms with Gasteiger partial charge in [0.05, 0.1) is 13.0 Å². The number of carbonyl (C=O) groups excluding carboxylic acids is 1. The summed E-state index contributed by atoms with van der Waals surface area (Å²) in [7, 11) is 3.57. The molecule has 0 radical (unpaired) electrons. The van der Waals surface area contributed by atoms with Gasteiger partial charge in [0.1, 0.15) is 0 Å². The van der Waals surface area contributed by atoms with Gasteiger partial charge in [-0.2, -0.15) is 0 Å². The molecule has 0 atom stereocenters. The number of carbonyl (C=O) groups is 1. The average Bonchev–Trinajstić information content (AvgIpc) is 2.38. The molecule has 0 spiro atoms. The number of nitrogens with zero attached hydrogens (tertiary/aromatic N) is 1. The maximum Gasteiger partial charge on any atom is 0.225 e. The molecule has 0 aliphatic carbocycles. The largest absolute Gasteiger partial charge is 0.490 e. The first kappa shape index (κ1) is 17.7. The lowest BCUT2D eigenvalue weighted by atomic mass is 10.3. The maximum atomic E-state index is 13.2. The topological polar surface area (TPSA) is 41.6 Å². The number of hydrogen-bond acceptors (Lipinski definition) is 3. The monoisotopic (exact) mass is 290 g/mol. The average molecular weight is 291 g/mol. The number of hydrogen-bond donors (Lipinski definition) is 1. The Kier molecular flexibility index (Phi) is 8.91. The molecule has 1 rings (SSSR count). The van der Waals surface area contributed by atoms with Crippen LogP contribution in [0.5, 0.6) is 5.75 Å². The highest BCUT2D eigenvalue weighted by Crippen LogP contribution is 2.15. The minimum atomic E-state index is -0.409. The van der Waals surface area contributed by atoms with Crippen molar-refractivity contribution in [2.24, 2.45) is 0 Å². The first-order chi connectivity index (χ1) is 8.65. The van der Waals surface area contributed by atoms with Crippen LogP contribution < -0.4 is 10.1 Å². The second kappa shape index (κ2) is 9.58. The van der Waals surface area contributed by atoms with Crippen molar-refractivity contribution in [3.8, 4) is 5.75 Å². The Morgan fingerprint density at radius 1 is 1.42 bits per heavy atom. The fraction of sp³-hybridized carbons (Fsp3) is 0.462. The van der Waals surface area contributed by atoms with E-state index in [1.54, 1.807) is 30.1 Å². The van der Waals surface area contributed by atoms with E-state index in [1.165, 1.54) is 6.07 Å². The lowest BCUT2D eigenvalue weighted by Gasteiger charge is -2.17. The second-order valence-corrected chi connectivity index (χ2v) is 3.95. The number of ether oxygens (including phenoxy) is 1. The lowest BCUT2D eigenvalue weighted by molar-refractivity contribution is -0.130. The Morgan fingerprint density at radius 2 is 2.11 bits per heavy atom. The molecule has 0 saturated carbocycles. The molecule has 0 aliphatic heterocycles. The molecule has 0 aliphatic rings. The van der Waals surface area contributed by atoms with Gasteiger partial charge in [-0.3, -0.25) is 4.79 Å². The molecule has 0 unspecified atom stereocenters. The van der Waals surface area contributed by atoms with Gasteiger partial charge < -0.3 is 15.0 Å². The van der Waals surface area contributed by atoms with Gasteiger partial charge in [0.2, 0.25) is 5.91 Å². The van der Waals surface area contributed by atoms with Crippen molar-refractivity contribution >= 4 is 18.3 Å². The van der Waals surface area contributed by atoms with Gasteiger partial charge >= 0.3 is 0 Å². The van der Waals surface area contributed by atoms with E-state index in [4.69, 9.17) is 4.74 Å². The van der Waals surface area contributed by atoms with Gasteiger partial charge in [-0.1, -0.05) is 12.1 Å². The van der Waals surface area contributed by atoms with Crippen LogP contribution in [-0.2, 0) is 4.79 Å². The summed E-state index contributed by atoms with van der Waals surface area (Å²) in [5, 5.41) is 2.97. The van der Waals surface area contributed by atoms with E-state index in [0.29, 0.717) is 6.54 Å². The van der Waals surface area contributed by atoms with E-state index in [-0.39, 0.29) is 37.1 Å². The minimum absolute atomic E-state index is 0. The predicted octanol–water partition coefficient (Wildman–Crippen LogP) is 1.69. The minimum Gasteiger partial charge on any atom is -0.490 e. The van der Waals surface area contributed by atoms with Gasteiger partial charge in [0.15, 0.2) is 11.6 Å². The van der Waals surface area contributed by atoms with E-state index in [2.05, 4.69) is 5.32 Å². The molecular formula is C13H20ClFN2O2. The second-order valence-electron chi connectivity index (χ2n) is 3.95. The van der Waals surface area contributed by atoms with Crippen molar-refractivity contribution in [2.45, 2.75) is 6.42 Å². The Bertz CT molecular complexity index is 391. The highest BCUT2D eigenvalue weighted by molar-refractivity contribution is 5.85. The van der Waals surface area contributed by atoms with Crippen LogP contribution in [0.1, 0.15) is 6.42 Å². The molecule has 1 aromatic rings. The fourth-order valence-electron chi connectivity index (χ4n) is 1.41. The standard InChI is InChI=1S/C13H19FN2O2.ClH/c1-15-8-9-16(2)13(17)7-10-18-12-6-4-3-5-11(12)14;/h3-6,15H,7-10H2,1-2H3;1H. The van der Waals surface area contributed by atoms with Gasteiger partial charge in [-0.15, -0.1) is 12.4 Å². The fourth-order valence-corrected chi connectivity index (χ4v) is 1.41. The summed E-state index contributed by atoms with van der Waals surface area (Å²) in [5.41, 5.74) is 0. The molecule has 0 aromatic heterocycles. The first-order valence-electron chi connectivity index (χ1n) is 5.91. The molecule has 0 heterocycles. The number of para-hydroxylation sites is 1. The zero-order valence-corrected chi connectivity index (χ0v) is 12.0. The summed E-state index contributed by atoms with van der Waals surface area (Å²) in [4.78, 5) is 13.3. The molecule has 108 valence electrons. The molecule has 6 heteroatoms. The van der Waals surface area contributed by atoms with Gasteiger partial charge in [0, 0.05) is 20.1 Å². The third kappa shape index (κ3) is 6.40. The molecule has 1 aromatic carbocycles. The van der Waals surface area contributed by atoms with Crippen LogP contribution in [0.3, 0.4) is 0 Å². The number of nitrogens with one attached hydrogen (secondary N) is 1. The molecule has 4 nitrogen and oxygen atoms in total. The van der Waals surface area contributed by atoms with Crippen LogP contribution in [0.2, 0.25) is 0 Å². The van der Waals surface area contributed by atoms with Gasteiger partial charge in [0.25, 0.3) is 0 Å². The Hall–Kier alpha value is -1.33. The maximum absolute atomic E-state index is 13.2. The highest BCUT2D eigenvalue weighted by Gasteiger charge is 2.09. The number of likely N-dealkylation sites (N-methyl/N-ethyl adjacent to an activating group) is 2.